The van der Waals surface area contributed by atoms with Gasteiger partial charge >= 0.3 is 0 Å². The minimum Gasteiger partial charge on any atom is -0.376 e. The zero-order valence-electron chi connectivity index (χ0n) is 21.2. The second-order valence-electron chi connectivity index (χ2n) is 8.55. The van der Waals surface area contributed by atoms with Crippen molar-refractivity contribution in [2.75, 3.05) is 42.2 Å². The number of carbonyl (C=O) groups excluding carboxylic acids is 3. The number of nitrogens with zero attached hydrogens (tertiary/aromatic N) is 2. The van der Waals surface area contributed by atoms with Gasteiger partial charge in [0.2, 0.25) is 5.91 Å². The van der Waals surface area contributed by atoms with Gasteiger partial charge in [-0.05, 0) is 67.4 Å². The van der Waals surface area contributed by atoms with E-state index in [0.29, 0.717) is 29.9 Å². The molecule has 0 saturated heterocycles. The SMILES string of the molecule is CCCN(CCC)C(=O)c1cccc(NC(=O)CNc2ccc(C(=O)N(C)c3ccccc3)cc2)c1. The van der Waals surface area contributed by atoms with Gasteiger partial charge in [0.1, 0.15) is 0 Å². The Kier molecular flexibility index (Phi) is 9.63. The number of rotatable bonds is 11. The molecule has 2 N–H and O–H groups in total. The third-order valence-electron chi connectivity index (χ3n) is 5.70. The van der Waals surface area contributed by atoms with Gasteiger partial charge in [0.05, 0.1) is 6.54 Å². The van der Waals surface area contributed by atoms with Gasteiger partial charge in [0.25, 0.3) is 11.8 Å². The van der Waals surface area contributed by atoms with Crippen molar-refractivity contribution in [3.63, 3.8) is 0 Å². The summed E-state index contributed by atoms with van der Waals surface area (Å²) in [5, 5.41) is 5.91. The highest BCUT2D eigenvalue weighted by molar-refractivity contribution is 6.06. The Labute approximate surface area is 213 Å². The van der Waals surface area contributed by atoms with E-state index < -0.39 is 0 Å². The van der Waals surface area contributed by atoms with Crippen molar-refractivity contribution in [2.24, 2.45) is 0 Å². The van der Waals surface area contributed by atoms with Gasteiger partial charge in [-0.25, -0.2) is 0 Å². The van der Waals surface area contributed by atoms with Crippen LogP contribution in [0, 0.1) is 0 Å². The largest absolute Gasteiger partial charge is 0.376 e. The maximum absolute atomic E-state index is 12.8. The van der Waals surface area contributed by atoms with Gasteiger partial charge in [-0.1, -0.05) is 38.1 Å². The summed E-state index contributed by atoms with van der Waals surface area (Å²) in [6.07, 6.45) is 1.79. The number of nitrogens with one attached hydrogen (secondary N) is 2. The minimum atomic E-state index is -0.234. The highest BCUT2D eigenvalue weighted by Crippen LogP contribution is 2.17. The van der Waals surface area contributed by atoms with E-state index in [9.17, 15) is 14.4 Å². The molecule has 0 aliphatic heterocycles. The van der Waals surface area contributed by atoms with Crippen LogP contribution in [0.1, 0.15) is 47.4 Å². The van der Waals surface area contributed by atoms with E-state index in [4.69, 9.17) is 0 Å². The summed E-state index contributed by atoms with van der Waals surface area (Å²) in [7, 11) is 1.74. The van der Waals surface area contributed by atoms with E-state index in [2.05, 4.69) is 10.6 Å². The smallest absolute Gasteiger partial charge is 0.258 e. The first-order valence-corrected chi connectivity index (χ1v) is 12.3. The van der Waals surface area contributed by atoms with Gasteiger partial charge in [-0.2, -0.15) is 0 Å². The van der Waals surface area contributed by atoms with Gasteiger partial charge in [0, 0.05) is 48.3 Å². The molecule has 3 aromatic carbocycles. The fourth-order valence-corrected chi connectivity index (χ4v) is 3.85. The van der Waals surface area contributed by atoms with Crippen LogP contribution in [0.3, 0.4) is 0 Å². The van der Waals surface area contributed by atoms with E-state index in [0.717, 1.165) is 24.2 Å². The summed E-state index contributed by atoms with van der Waals surface area (Å²) in [4.78, 5) is 41.5. The topological polar surface area (TPSA) is 81.8 Å². The van der Waals surface area contributed by atoms with Crippen molar-refractivity contribution < 1.29 is 14.4 Å². The van der Waals surface area contributed by atoms with Crippen LogP contribution in [-0.2, 0) is 4.79 Å². The fourth-order valence-electron chi connectivity index (χ4n) is 3.85. The Morgan fingerprint density at radius 1 is 0.722 bits per heavy atom. The summed E-state index contributed by atoms with van der Waals surface area (Å²) in [5.41, 5.74) is 3.23. The number of hydrogen-bond donors (Lipinski definition) is 2. The Morgan fingerprint density at radius 2 is 1.39 bits per heavy atom. The molecule has 0 bridgehead atoms. The third-order valence-corrected chi connectivity index (χ3v) is 5.70. The predicted octanol–water partition coefficient (Wildman–Crippen LogP) is 5.28. The molecule has 0 unspecified atom stereocenters. The number of benzene rings is 3. The number of amides is 3. The summed E-state index contributed by atoms with van der Waals surface area (Å²) in [5.74, 6) is -0.376. The standard InChI is InChI=1S/C29H34N4O3/c1-4-18-33(19-5-2)29(36)23-10-9-11-25(20-23)31-27(34)21-30-24-16-14-22(15-17-24)28(35)32(3)26-12-7-6-8-13-26/h6-17,20,30H,4-5,18-19,21H2,1-3H3,(H,31,34). The van der Waals surface area contributed by atoms with Gasteiger partial charge in [-0.3, -0.25) is 14.4 Å². The Bertz CT molecular complexity index is 1160. The molecule has 0 aliphatic carbocycles. The lowest BCUT2D eigenvalue weighted by Gasteiger charge is -2.21. The molecule has 0 atom stereocenters. The lowest BCUT2D eigenvalue weighted by Crippen LogP contribution is -2.32. The van der Waals surface area contributed by atoms with E-state index in [1.54, 1.807) is 60.5 Å². The predicted molar refractivity (Wildman–Crippen MR) is 146 cm³/mol. The lowest BCUT2D eigenvalue weighted by atomic mass is 10.1. The zero-order chi connectivity index (χ0) is 25.9. The van der Waals surface area contributed by atoms with Crippen LogP contribution in [0.5, 0.6) is 0 Å². The first-order valence-electron chi connectivity index (χ1n) is 12.3. The number of anilines is 3. The molecule has 3 rings (SSSR count). The normalized spacial score (nSPS) is 10.4. The summed E-state index contributed by atoms with van der Waals surface area (Å²) < 4.78 is 0. The second-order valence-corrected chi connectivity index (χ2v) is 8.55. The third kappa shape index (κ3) is 7.18. The molecular weight excluding hydrogens is 452 g/mol. The first kappa shape index (κ1) is 26.5. The molecule has 7 heteroatoms. The van der Waals surface area contributed by atoms with Crippen LogP contribution < -0.4 is 15.5 Å². The molecule has 0 aromatic heterocycles. The van der Waals surface area contributed by atoms with E-state index >= 15 is 0 Å². The second kappa shape index (κ2) is 13.1. The van der Waals surface area contributed by atoms with Crippen molar-refractivity contribution in [1.82, 2.24) is 4.90 Å². The summed E-state index contributed by atoms with van der Waals surface area (Å²) >= 11 is 0. The van der Waals surface area contributed by atoms with Crippen LogP contribution in [0.25, 0.3) is 0 Å². The Balaban J connectivity index is 1.55. The number of hydrogen-bond acceptors (Lipinski definition) is 4. The monoisotopic (exact) mass is 486 g/mol. The summed E-state index contributed by atoms with van der Waals surface area (Å²) in [6, 6.07) is 23.5. The van der Waals surface area contributed by atoms with Crippen molar-refractivity contribution in [3.8, 4) is 0 Å². The molecule has 0 aliphatic rings. The molecule has 36 heavy (non-hydrogen) atoms. The zero-order valence-corrected chi connectivity index (χ0v) is 21.2. The molecule has 188 valence electrons. The average molecular weight is 487 g/mol. The van der Waals surface area contributed by atoms with E-state index in [-0.39, 0.29) is 24.3 Å². The number of para-hydroxylation sites is 1. The van der Waals surface area contributed by atoms with Gasteiger partial charge < -0.3 is 20.4 Å². The lowest BCUT2D eigenvalue weighted by molar-refractivity contribution is -0.114. The average Bonchev–Trinajstić information content (AvgIpc) is 2.91. The van der Waals surface area contributed by atoms with Crippen LogP contribution >= 0.6 is 0 Å². The number of carbonyl (C=O) groups is 3. The molecule has 3 amide bonds. The quantitative estimate of drug-likeness (QED) is 0.387. The Morgan fingerprint density at radius 3 is 2.03 bits per heavy atom. The van der Waals surface area contributed by atoms with Crippen molar-refractivity contribution in [2.45, 2.75) is 26.7 Å². The van der Waals surface area contributed by atoms with Crippen LogP contribution in [0.15, 0.2) is 78.9 Å². The maximum atomic E-state index is 12.8. The van der Waals surface area contributed by atoms with Gasteiger partial charge in [-0.15, -0.1) is 0 Å². The highest BCUT2D eigenvalue weighted by Gasteiger charge is 2.15. The maximum Gasteiger partial charge on any atom is 0.258 e. The molecule has 7 nitrogen and oxygen atoms in total. The first-order chi connectivity index (χ1) is 17.4. The Hall–Kier alpha value is -4.13. The van der Waals surface area contributed by atoms with E-state index in [1.165, 1.54) is 0 Å². The molecule has 0 spiro atoms. The van der Waals surface area contributed by atoms with Gasteiger partial charge in [0.15, 0.2) is 0 Å². The molecule has 0 saturated carbocycles. The van der Waals surface area contributed by atoms with Crippen LogP contribution in [-0.4, -0.2) is 49.3 Å². The summed E-state index contributed by atoms with van der Waals surface area (Å²) in [6.45, 7) is 5.57. The van der Waals surface area contributed by atoms with Crippen molar-refractivity contribution in [1.29, 1.82) is 0 Å². The fraction of sp³-hybridized carbons (Fsp3) is 0.276. The molecule has 3 aromatic rings. The minimum absolute atomic E-state index is 0.0273. The molecular formula is C29H34N4O3. The van der Waals surface area contributed by atoms with Crippen LogP contribution in [0.2, 0.25) is 0 Å². The van der Waals surface area contributed by atoms with Crippen molar-refractivity contribution in [3.05, 3.63) is 90.0 Å². The molecule has 0 fully saturated rings. The molecule has 0 radical (unpaired) electrons. The highest BCUT2D eigenvalue weighted by atomic mass is 16.2. The van der Waals surface area contributed by atoms with E-state index in [1.807, 2.05) is 49.1 Å². The van der Waals surface area contributed by atoms with Crippen molar-refractivity contribution >= 4 is 34.8 Å². The molecule has 0 heterocycles. The van der Waals surface area contributed by atoms with Crippen LogP contribution in [0.4, 0.5) is 17.1 Å².